The summed E-state index contributed by atoms with van der Waals surface area (Å²) in [6.07, 6.45) is 5.23. The van der Waals surface area contributed by atoms with E-state index in [4.69, 9.17) is 4.74 Å². The molecular formula is C10H15N3O2. The highest BCUT2D eigenvalue weighted by molar-refractivity contribution is 5.76. The molecule has 2 heterocycles. The zero-order valence-electron chi connectivity index (χ0n) is 8.77. The van der Waals surface area contributed by atoms with Gasteiger partial charge in [-0.3, -0.25) is 9.48 Å². The second kappa shape index (κ2) is 4.44. The molecule has 5 nitrogen and oxygen atoms in total. The molecule has 0 spiro atoms. The summed E-state index contributed by atoms with van der Waals surface area (Å²) in [6, 6.07) is 0. The van der Waals surface area contributed by atoms with Crippen LogP contribution >= 0.6 is 0 Å². The molecular weight excluding hydrogens is 194 g/mol. The molecule has 0 bridgehead atoms. The predicted octanol–water partition coefficient (Wildman–Crippen LogP) is -0.132. The summed E-state index contributed by atoms with van der Waals surface area (Å²) in [7, 11) is 1.87. The summed E-state index contributed by atoms with van der Waals surface area (Å²) < 4.78 is 6.74. The monoisotopic (exact) mass is 209 g/mol. The van der Waals surface area contributed by atoms with Crippen LogP contribution in [0.25, 0.3) is 0 Å². The highest BCUT2D eigenvalue weighted by Gasteiger charge is 2.22. The van der Waals surface area contributed by atoms with E-state index in [9.17, 15) is 4.79 Å². The van der Waals surface area contributed by atoms with E-state index in [1.807, 2.05) is 13.2 Å². The molecule has 1 unspecified atom stereocenters. The van der Waals surface area contributed by atoms with Gasteiger partial charge in [0.2, 0.25) is 5.91 Å². The van der Waals surface area contributed by atoms with E-state index in [1.54, 1.807) is 10.9 Å². The zero-order valence-corrected chi connectivity index (χ0v) is 8.77. The Kier molecular flexibility index (Phi) is 3.01. The Hall–Kier alpha value is -1.36. The molecule has 0 radical (unpaired) electrons. The molecule has 0 saturated carbocycles. The van der Waals surface area contributed by atoms with E-state index in [1.165, 1.54) is 0 Å². The number of carbonyl (C=O) groups is 1. The minimum atomic E-state index is 0.0781. The van der Waals surface area contributed by atoms with E-state index in [-0.39, 0.29) is 12.0 Å². The highest BCUT2D eigenvalue weighted by atomic mass is 16.6. The lowest BCUT2D eigenvalue weighted by molar-refractivity contribution is -0.121. The summed E-state index contributed by atoms with van der Waals surface area (Å²) in [5.41, 5.74) is 1.09. The van der Waals surface area contributed by atoms with Crippen LogP contribution in [0.3, 0.4) is 0 Å². The summed E-state index contributed by atoms with van der Waals surface area (Å²) in [6.45, 7) is 1.43. The fourth-order valence-electron chi connectivity index (χ4n) is 1.36. The van der Waals surface area contributed by atoms with E-state index in [2.05, 4.69) is 10.4 Å². The van der Waals surface area contributed by atoms with E-state index in [0.717, 1.165) is 18.6 Å². The number of nitrogens with one attached hydrogen (secondary N) is 1. The van der Waals surface area contributed by atoms with Crippen LogP contribution in [-0.4, -0.2) is 34.9 Å². The molecule has 1 N–H and O–H groups in total. The average Bonchev–Trinajstić information content (AvgIpc) is 2.95. The third-order valence-corrected chi connectivity index (χ3v) is 2.33. The molecule has 1 aliphatic heterocycles. The van der Waals surface area contributed by atoms with Crippen LogP contribution in [0.5, 0.6) is 0 Å². The normalized spacial score (nSPS) is 18.9. The fraction of sp³-hybridized carbons (Fsp3) is 0.600. The molecule has 15 heavy (non-hydrogen) atoms. The Morgan fingerprint density at radius 3 is 3.20 bits per heavy atom. The van der Waals surface area contributed by atoms with Gasteiger partial charge in [0.1, 0.15) is 0 Å². The Bertz CT molecular complexity index is 344. The molecule has 5 heteroatoms. The van der Waals surface area contributed by atoms with Crippen LogP contribution in [0.4, 0.5) is 0 Å². The van der Waals surface area contributed by atoms with Gasteiger partial charge >= 0.3 is 0 Å². The number of hydrogen-bond acceptors (Lipinski definition) is 3. The smallest absolute Gasteiger partial charge is 0.220 e. The largest absolute Gasteiger partial charge is 0.371 e. The Morgan fingerprint density at radius 2 is 2.60 bits per heavy atom. The molecule has 0 aromatic carbocycles. The fourth-order valence-corrected chi connectivity index (χ4v) is 1.36. The maximum Gasteiger partial charge on any atom is 0.220 e. The predicted molar refractivity (Wildman–Crippen MR) is 54.3 cm³/mol. The molecule has 1 saturated heterocycles. The Labute approximate surface area is 88.4 Å². The van der Waals surface area contributed by atoms with Crippen LogP contribution in [0.2, 0.25) is 0 Å². The summed E-state index contributed by atoms with van der Waals surface area (Å²) in [4.78, 5) is 11.4. The van der Waals surface area contributed by atoms with Crippen molar-refractivity contribution in [1.82, 2.24) is 15.1 Å². The minimum absolute atomic E-state index is 0.0781. The summed E-state index contributed by atoms with van der Waals surface area (Å²) in [5.74, 6) is 0.0781. The lowest BCUT2D eigenvalue weighted by Crippen LogP contribution is -2.27. The lowest BCUT2D eigenvalue weighted by atomic mass is 10.2. The number of amides is 1. The lowest BCUT2D eigenvalue weighted by Gasteiger charge is -2.01. The van der Waals surface area contributed by atoms with Crippen molar-refractivity contribution >= 4 is 5.91 Å². The van der Waals surface area contributed by atoms with Crippen LogP contribution < -0.4 is 5.32 Å². The van der Waals surface area contributed by atoms with Crippen molar-refractivity contribution < 1.29 is 9.53 Å². The van der Waals surface area contributed by atoms with Gasteiger partial charge in [0.05, 0.1) is 18.9 Å². The first-order chi connectivity index (χ1) is 7.24. The van der Waals surface area contributed by atoms with E-state index < -0.39 is 0 Å². The number of nitrogens with zero attached hydrogens (tertiary/aromatic N) is 2. The first kappa shape index (κ1) is 10.2. The van der Waals surface area contributed by atoms with Crippen molar-refractivity contribution in [3.05, 3.63) is 18.0 Å². The van der Waals surface area contributed by atoms with E-state index >= 15 is 0 Å². The molecule has 2 rings (SSSR count). The van der Waals surface area contributed by atoms with Crippen LogP contribution in [0.15, 0.2) is 12.4 Å². The topological polar surface area (TPSA) is 59.5 Å². The van der Waals surface area contributed by atoms with Gasteiger partial charge in [-0.15, -0.1) is 0 Å². The van der Waals surface area contributed by atoms with Gasteiger partial charge in [-0.25, -0.2) is 0 Å². The number of rotatable bonds is 5. The number of carbonyl (C=O) groups excluding carboxylic acids is 1. The highest BCUT2D eigenvalue weighted by Crippen LogP contribution is 2.06. The minimum Gasteiger partial charge on any atom is -0.371 e. The molecule has 1 aromatic rings. The third kappa shape index (κ3) is 3.36. The molecule has 1 atom stereocenters. The number of aromatic nitrogens is 2. The molecule has 1 aliphatic rings. The van der Waals surface area contributed by atoms with Gasteiger partial charge in [0.15, 0.2) is 0 Å². The van der Waals surface area contributed by atoms with Crippen molar-refractivity contribution in [3.63, 3.8) is 0 Å². The Balaban J connectivity index is 1.65. The first-order valence-corrected chi connectivity index (χ1v) is 5.10. The maximum absolute atomic E-state index is 11.4. The SMILES string of the molecule is Cn1cc(CCC(=O)NCC2CO2)cn1. The van der Waals surface area contributed by atoms with Crippen LogP contribution in [0.1, 0.15) is 12.0 Å². The molecule has 1 amide bonds. The van der Waals surface area contributed by atoms with Crippen molar-refractivity contribution in [1.29, 1.82) is 0 Å². The zero-order chi connectivity index (χ0) is 10.7. The molecule has 1 aromatic heterocycles. The van der Waals surface area contributed by atoms with Crippen molar-refractivity contribution in [2.24, 2.45) is 7.05 Å². The second-order valence-corrected chi connectivity index (χ2v) is 3.78. The van der Waals surface area contributed by atoms with Gasteiger partial charge in [0.25, 0.3) is 0 Å². The van der Waals surface area contributed by atoms with Crippen LogP contribution in [-0.2, 0) is 23.0 Å². The van der Waals surface area contributed by atoms with Gasteiger partial charge in [-0.1, -0.05) is 0 Å². The molecule has 0 aliphatic carbocycles. The molecule has 82 valence electrons. The number of aryl methyl sites for hydroxylation is 2. The van der Waals surface area contributed by atoms with Gasteiger partial charge < -0.3 is 10.1 Å². The standard InChI is InChI=1S/C10H15N3O2/c1-13-6-8(4-12-13)2-3-10(14)11-5-9-7-15-9/h4,6,9H,2-3,5,7H2,1H3,(H,11,14). The first-order valence-electron chi connectivity index (χ1n) is 5.10. The van der Waals surface area contributed by atoms with Crippen molar-refractivity contribution in [3.8, 4) is 0 Å². The quantitative estimate of drug-likeness (QED) is 0.687. The summed E-state index contributed by atoms with van der Waals surface area (Å²) >= 11 is 0. The number of ether oxygens (including phenoxy) is 1. The maximum atomic E-state index is 11.4. The van der Waals surface area contributed by atoms with Gasteiger partial charge in [-0.05, 0) is 12.0 Å². The van der Waals surface area contributed by atoms with Crippen molar-refractivity contribution in [2.75, 3.05) is 13.2 Å². The van der Waals surface area contributed by atoms with Gasteiger partial charge in [0, 0.05) is 26.2 Å². The number of epoxide rings is 1. The third-order valence-electron chi connectivity index (χ3n) is 2.33. The number of hydrogen-bond donors (Lipinski definition) is 1. The molecule has 1 fully saturated rings. The average molecular weight is 209 g/mol. The second-order valence-electron chi connectivity index (χ2n) is 3.78. The van der Waals surface area contributed by atoms with Crippen molar-refractivity contribution in [2.45, 2.75) is 18.9 Å². The van der Waals surface area contributed by atoms with Gasteiger partial charge in [-0.2, -0.15) is 5.10 Å². The van der Waals surface area contributed by atoms with Crippen LogP contribution in [0, 0.1) is 0 Å². The Morgan fingerprint density at radius 1 is 1.80 bits per heavy atom. The van der Waals surface area contributed by atoms with E-state index in [0.29, 0.717) is 13.0 Å². The summed E-state index contributed by atoms with van der Waals surface area (Å²) in [5, 5.41) is 6.87.